The number of hydrogen-bond donors (Lipinski definition) is 1. The first-order valence-corrected chi connectivity index (χ1v) is 4.40. The molecule has 0 atom stereocenters. The molecule has 2 aromatic rings. The molecule has 0 bridgehead atoms. The Bertz CT molecular complexity index is 472. The molecule has 1 heterocycles. The largest absolute Gasteiger partial charge is 0.506 e. The van der Waals surface area contributed by atoms with Gasteiger partial charge in [-0.15, -0.1) is 0 Å². The molecular weight excluding hydrogens is 237 g/mol. The first-order valence-electron chi connectivity index (χ1n) is 3.61. The van der Waals surface area contributed by atoms with Crippen molar-refractivity contribution < 1.29 is 9.50 Å². The van der Waals surface area contributed by atoms with Crippen molar-refractivity contribution in [2.45, 2.75) is 0 Å². The highest BCUT2D eigenvalue weighted by Crippen LogP contribution is 2.26. The molecule has 0 spiro atoms. The third-order valence-corrected chi connectivity index (χ3v) is 2.42. The second kappa shape index (κ2) is 2.96. The molecule has 66 valence electrons. The van der Waals surface area contributed by atoms with E-state index >= 15 is 0 Å². The van der Waals surface area contributed by atoms with Crippen LogP contribution in [0.4, 0.5) is 4.39 Å². The van der Waals surface area contributed by atoms with Gasteiger partial charge in [0.2, 0.25) is 0 Å². The lowest BCUT2D eigenvalue weighted by molar-refractivity contribution is 0.473. The Morgan fingerprint density at radius 1 is 1.38 bits per heavy atom. The standard InChI is InChI=1S/C9H5BrFNO/c10-7-1-2-8(11)9-6(7)3-5(13)4-12-9/h1-4,13H. The zero-order valence-corrected chi connectivity index (χ0v) is 8.05. The first kappa shape index (κ1) is 8.44. The van der Waals surface area contributed by atoms with Crippen molar-refractivity contribution in [2.75, 3.05) is 0 Å². The Morgan fingerprint density at radius 2 is 2.15 bits per heavy atom. The average Bonchev–Trinajstić information content (AvgIpc) is 2.12. The van der Waals surface area contributed by atoms with Gasteiger partial charge in [0, 0.05) is 9.86 Å². The lowest BCUT2D eigenvalue weighted by atomic mass is 10.2. The average molecular weight is 242 g/mol. The normalized spacial score (nSPS) is 10.6. The van der Waals surface area contributed by atoms with E-state index in [0.717, 1.165) is 0 Å². The molecule has 0 saturated heterocycles. The minimum atomic E-state index is -0.391. The predicted octanol–water partition coefficient (Wildman–Crippen LogP) is 2.84. The molecule has 1 N–H and O–H groups in total. The number of rotatable bonds is 0. The Morgan fingerprint density at radius 3 is 2.92 bits per heavy atom. The van der Waals surface area contributed by atoms with Crippen molar-refractivity contribution >= 4 is 26.8 Å². The van der Waals surface area contributed by atoms with E-state index in [2.05, 4.69) is 20.9 Å². The van der Waals surface area contributed by atoms with Crippen LogP contribution in [0.2, 0.25) is 0 Å². The SMILES string of the molecule is Oc1cnc2c(F)ccc(Br)c2c1. The first-order chi connectivity index (χ1) is 6.18. The van der Waals surface area contributed by atoms with Gasteiger partial charge in [-0.05, 0) is 18.2 Å². The number of hydrogen-bond acceptors (Lipinski definition) is 2. The summed E-state index contributed by atoms with van der Waals surface area (Å²) in [5, 5.41) is 9.71. The van der Waals surface area contributed by atoms with Gasteiger partial charge in [-0.25, -0.2) is 9.37 Å². The molecule has 0 aliphatic rings. The fourth-order valence-electron chi connectivity index (χ4n) is 1.14. The molecule has 0 saturated carbocycles. The zero-order valence-electron chi connectivity index (χ0n) is 6.46. The van der Waals surface area contributed by atoms with E-state index in [1.54, 1.807) is 6.07 Å². The fraction of sp³-hybridized carbons (Fsp3) is 0. The van der Waals surface area contributed by atoms with Gasteiger partial charge in [0.15, 0.2) is 0 Å². The highest BCUT2D eigenvalue weighted by molar-refractivity contribution is 9.10. The fourth-order valence-corrected chi connectivity index (χ4v) is 1.58. The van der Waals surface area contributed by atoms with Gasteiger partial charge >= 0.3 is 0 Å². The third-order valence-electron chi connectivity index (χ3n) is 1.73. The minimum Gasteiger partial charge on any atom is -0.506 e. The number of aromatic hydroxyl groups is 1. The maximum atomic E-state index is 13.1. The van der Waals surface area contributed by atoms with Crippen LogP contribution in [-0.4, -0.2) is 10.1 Å². The topological polar surface area (TPSA) is 33.1 Å². The maximum absolute atomic E-state index is 13.1. The van der Waals surface area contributed by atoms with Crippen LogP contribution in [0.5, 0.6) is 5.75 Å². The van der Waals surface area contributed by atoms with Gasteiger partial charge in [0.25, 0.3) is 0 Å². The van der Waals surface area contributed by atoms with E-state index in [1.165, 1.54) is 18.3 Å². The summed E-state index contributed by atoms with van der Waals surface area (Å²) in [6, 6.07) is 4.38. The summed E-state index contributed by atoms with van der Waals surface area (Å²) in [6.45, 7) is 0. The quantitative estimate of drug-likeness (QED) is 0.770. The minimum absolute atomic E-state index is 0.0267. The molecule has 0 radical (unpaired) electrons. The summed E-state index contributed by atoms with van der Waals surface area (Å²) in [4.78, 5) is 3.79. The van der Waals surface area contributed by atoms with Crippen LogP contribution in [-0.2, 0) is 0 Å². The molecule has 2 nitrogen and oxygen atoms in total. The lowest BCUT2D eigenvalue weighted by Gasteiger charge is -2.01. The number of fused-ring (bicyclic) bond motifs is 1. The van der Waals surface area contributed by atoms with E-state index in [9.17, 15) is 4.39 Å². The van der Waals surface area contributed by atoms with E-state index < -0.39 is 5.82 Å². The van der Waals surface area contributed by atoms with Crippen LogP contribution in [0.3, 0.4) is 0 Å². The molecule has 4 heteroatoms. The summed E-state index contributed by atoms with van der Waals surface area (Å²) in [6.07, 6.45) is 1.22. The van der Waals surface area contributed by atoms with Crippen LogP contribution < -0.4 is 0 Å². The van der Waals surface area contributed by atoms with Crippen molar-refractivity contribution in [1.29, 1.82) is 0 Å². The molecule has 1 aromatic carbocycles. The van der Waals surface area contributed by atoms with Crippen molar-refractivity contribution in [3.63, 3.8) is 0 Å². The Labute approximate surface area is 82.2 Å². The van der Waals surface area contributed by atoms with Gasteiger partial charge in [0.1, 0.15) is 17.1 Å². The molecule has 13 heavy (non-hydrogen) atoms. The van der Waals surface area contributed by atoms with Gasteiger partial charge < -0.3 is 5.11 Å². The molecule has 0 amide bonds. The Hall–Kier alpha value is -1.16. The van der Waals surface area contributed by atoms with Crippen LogP contribution >= 0.6 is 15.9 Å². The van der Waals surface area contributed by atoms with E-state index in [1.807, 2.05) is 0 Å². The summed E-state index contributed by atoms with van der Waals surface area (Å²) in [5.74, 6) is -0.364. The van der Waals surface area contributed by atoms with Crippen LogP contribution in [0.15, 0.2) is 28.9 Å². The molecule has 0 aliphatic heterocycles. The van der Waals surface area contributed by atoms with Gasteiger partial charge in [-0.3, -0.25) is 0 Å². The zero-order chi connectivity index (χ0) is 9.42. The summed E-state index contributed by atoms with van der Waals surface area (Å²) < 4.78 is 13.8. The summed E-state index contributed by atoms with van der Waals surface area (Å²) >= 11 is 3.25. The van der Waals surface area contributed by atoms with Crippen molar-refractivity contribution in [1.82, 2.24) is 4.98 Å². The third kappa shape index (κ3) is 1.37. The van der Waals surface area contributed by atoms with Gasteiger partial charge in [-0.1, -0.05) is 15.9 Å². The number of pyridine rings is 1. The molecule has 0 aliphatic carbocycles. The Balaban J connectivity index is 2.92. The summed E-state index contributed by atoms with van der Waals surface area (Å²) in [7, 11) is 0. The molecule has 2 rings (SSSR count). The lowest BCUT2D eigenvalue weighted by Crippen LogP contribution is -1.84. The van der Waals surface area contributed by atoms with E-state index in [-0.39, 0.29) is 11.3 Å². The maximum Gasteiger partial charge on any atom is 0.149 e. The van der Waals surface area contributed by atoms with Gasteiger partial charge in [-0.2, -0.15) is 0 Å². The number of halogens is 2. The molecule has 1 aromatic heterocycles. The Kier molecular flexibility index (Phi) is 1.92. The number of nitrogens with zero attached hydrogens (tertiary/aromatic N) is 1. The van der Waals surface area contributed by atoms with Crippen LogP contribution in [0.25, 0.3) is 10.9 Å². The van der Waals surface area contributed by atoms with E-state index in [4.69, 9.17) is 5.11 Å². The van der Waals surface area contributed by atoms with Crippen molar-refractivity contribution in [2.24, 2.45) is 0 Å². The van der Waals surface area contributed by atoms with Crippen LogP contribution in [0.1, 0.15) is 0 Å². The molecule has 0 fully saturated rings. The second-order valence-electron chi connectivity index (χ2n) is 2.62. The number of aromatic nitrogens is 1. The van der Waals surface area contributed by atoms with Crippen molar-refractivity contribution in [3.8, 4) is 5.75 Å². The highest BCUT2D eigenvalue weighted by atomic mass is 79.9. The van der Waals surface area contributed by atoms with Gasteiger partial charge in [0.05, 0.1) is 6.20 Å². The van der Waals surface area contributed by atoms with Crippen LogP contribution in [0, 0.1) is 5.82 Å². The summed E-state index contributed by atoms with van der Waals surface area (Å²) in [5.41, 5.74) is 0.257. The monoisotopic (exact) mass is 241 g/mol. The predicted molar refractivity (Wildman–Crippen MR) is 51.1 cm³/mol. The van der Waals surface area contributed by atoms with E-state index in [0.29, 0.717) is 9.86 Å². The highest BCUT2D eigenvalue weighted by Gasteiger charge is 2.05. The number of benzene rings is 1. The van der Waals surface area contributed by atoms with Crippen molar-refractivity contribution in [3.05, 3.63) is 34.7 Å². The molecular formula is C9H5BrFNO. The smallest absolute Gasteiger partial charge is 0.149 e. The second-order valence-corrected chi connectivity index (χ2v) is 3.47. The molecule has 0 unspecified atom stereocenters.